The Morgan fingerprint density at radius 3 is 2.48 bits per heavy atom. The van der Waals surface area contributed by atoms with Crippen molar-refractivity contribution in [2.24, 2.45) is 0 Å². The number of aromatic nitrogens is 2. The third kappa shape index (κ3) is 5.19. The Hall–Kier alpha value is -2.19. The molecule has 0 aromatic carbocycles. The summed E-state index contributed by atoms with van der Waals surface area (Å²) in [5.41, 5.74) is -0.491. The summed E-state index contributed by atoms with van der Waals surface area (Å²) < 4.78 is 6.63. The minimum Gasteiger partial charge on any atom is -0.393 e. The van der Waals surface area contributed by atoms with Crippen molar-refractivity contribution in [3.63, 3.8) is 0 Å². The maximum atomic E-state index is 11.5. The molecule has 0 saturated heterocycles. The molecule has 0 fully saturated rings. The summed E-state index contributed by atoms with van der Waals surface area (Å²) in [5.74, 6) is 0.181. The fourth-order valence-corrected chi connectivity index (χ4v) is 1.84. The lowest BCUT2D eigenvalue weighted by molar-refractivity contribution is -0.128. The molecule has 1 aromatic heterocycles. The van der Waals surface area contributed by atoms with Gasteiger partial charge < -0.3 is 14.7 Å². The number of aliphatic hydroxyl groups excluding tert-OH is 1. The summed E-state index contributed by atoms with van der Waals surface area (Å²) in [4.78, 5) is 36.9. The number of aryl methyl sites for hydroxylation is 1. The molecule has 1 aromatic rings. The third-order valence-corrected chi connectivity index (χ3v) is 3.21. The summed E-state index contributed by atoms with van der Waals surface area (Å²) in [6.45, 7) is 3.32. The minimum atomic E-state index is -0.569. The number of nitrogens with one attached hydrogen (secondary N) is 1. The van der Waals surface area contributed by atoms with E-state index in [4.69, 9.17) is 9.84 Å². The van der Waals surface area contributed by atoms with E-state index in [2.05, 4.69) is 4.98 Å². The average Bonchev–Trinajstić information content (AvgIpc) is 2.99. The summed E-state index contributed by atoms with van der Waals surface area (Å²) in [6.07, 6.45) is 4.42. The number of amides is 1. The highest BCUT2D eigenvalue weighted by Gasteiger charge is 2.20. The number of ether oxygens (including phenoxy) is 1. The molecule has 8 nitrogen and oxygen atoms in total. The average molecular weight is 325 g/mol. The smallest absolute Gasteiger partial charge is 0.330 e. The van der Waals surface area contributed by atoms with Crippen molar-refractivity contribution >= 4 is 5.91 Å². The van der Waals surface area contributed by atoms with Crippen molar-refractivity contribution in [1.82, 2.24) is 14.5 Å². The fraction of sp³-hybridized carbons (Fsp3) is 0.533. The highest BCUT2D eigenvalue weighted by atomic mass is 16.5. The standard InChI is InChI=1S/C10H12N2O4.C5H11NO/c1-6-4-12(10(15)11-9(6)14)8-3-2-7(5-13)16-8;1-4-5(7)6(2)3/h2-4,7-8,13H,5H2,1H3,(H,11,14,15);4H2,1-3H3/t7-,8+;/m0./s1. The number of aliphatic hydroxyl groups is 1. The molecule has 2 atom stereocenters. The molecule has 2 heterocycles. The predicted molar refractivity (Wildman–Crippen MR) is 85.2 cm³/mol. The number of nitrogens with zero attached hydrogens (tertiary/aromatic N) is 2. The number of carbonyl (C=O) groups is 1. The maximum absolute atomic E-state index is 11.5. The molecule has 23 heavy (non-hydrogen) atoms. The summed E-state index contributed by atoms with van der Waals surface area (Å²) in [6, 6.07) is 0. The van der Waals surface area contributed by atoms with Crippen LogP contribution in [0.25, 0.3) is 0 Å². The topological polar surface area (TPSA) is 105 Å². The van der Waals surface area contributed by atoms with E-state index in [-0.39, 0.29) is 12.5 Å². The van der Waals surface area contributed by atoms with Gasteiger partial charge in [-0.3, -0.25) is 19.1 Å². The van der Waals surface area contributed by atoms with Gasteiger partial charge in [0.25, 0.3) is 5.56 Å². The Morgan fingerprint density at radius 2 is 2.04 bits per heavy atom. The molecule has 1 aliphatic heterocycles. The van der Waals surface area contributed by atoms with E-state index in [1.807, 2.05) is 6.92 Å². The molecule has 0 spiro atoms. The van der Waals surface area contributed by atoms with Gasteiger partial charge in [-0.25, -0.2) is 4.79 Å². The lowest BCUT2D eigenvalue weighted by Gasteiger charge is -2.14. The Morgan fingerprint density at radius 1 is 1.39 bits per heavy atom. The van der Waals surface area contributed by atoms with Crippen LogP contribution in [-0.4, -0.2) is 52.3 Å². The third-order valence-electron chi connectivity index (χ3n) is 3.21. The molecule has 2 rings (SSSR count). The SMILES string of the molecule is CCC(=O)N(C)C.Cc1cn([C@H]2C=C[C@@H](CO)O2)c(=O)[nH]c1=O. The highest BCUT2D eigenvalue weighted by Crippen LogP contribution is 2.18. The molecule has 2 N–H and O–H groups in total. The van der Waals surface area contributed by atoms with Crippen molar-refractivity contribution in [3.05, 3.63) is 44.8 Å². The number of rotatable bonds is 3. The lowest BCUT2D eigenvalue weighted by atomic mass is 10.3. The summed E-state index contributed by atoms with van der Waals surface area (Å²) >= 11 is 0. The highest BCUT2D eigenvalue weighted by molar-refractivity contribution is 5.75. The number of hydrogen-bond acceptors (Lipinski definition) is 5. The second-order valence-corrected chi connectivity index (χ2v) is 5.25. The molecule has 1 aliphatic rings. The molecular formula is C15H23N3O5. The fourth-order valence-electron chi connectivity index (χ4n) is 1.84. The second kappa shape index (κ2) is 8.44. The van der Waals surface area contributed by atoms with Crippen molar-refractivity contribution < 1.29 is 14.6 Å². The van der Waals surface area contributed by atoms with Gasteiger partial charge in [-0.1, -0.05) is 13.0 Å². The van der Waals surface area contributed by atoms with Crippen LogP contribution in [0.5, 0.6) is 0 Å². The number of H-pyrrole nitrogens is 1. The van der Waals surface area contributed by atoms with Gasteiger partial charge in [0.05, 0.1) is 6.61 Å². The molecule has 0 unspecified atom stereocenters. The van der Waals surface area contributed by atoms with Crippen LogP contribution in [0.3, 0.4) is 0 Å². The van der Waals surface area contributed by atoms with Gasteiger partial charge in [0.15, 0.2) is 6.23 Å². The van der Waals surface area contributed by atoms with Crippen LogP contribution in [-0.2, 0) is 9.53 Å². The van der Waals surface area contributed by atoms with Crippen molar-refractivity contribution in [1.29, 1.82) is 0 Å². The van der Waals surface area contributed by atoms with Crippen molar-refractivity contribution in [2.45, 2.75) is 32.6 Å². The van der Waals surface area contributed by atoms with Crippen LogP contribution in [0.4, 0.5) is 0 Å². The lowest BCUT2D eigenvalue weighted by Crippen LogP contribution is -2.33. The number of carbonyl (C=O) groups excluding carboxylic acids is 1. The first-order chi connectivity index (χ1) is 10.8. The molecular weight excluding hydrogens is 302 g/mol. The monoisotopic (exact) mass is 325 g/mol. The largest absolute Gasteiger partial charge is 0.393 e. The van der Waals surface area contributed by atoms with Gasteiger partial charge in [0, 0.05) is 32.3 Å². The van der Waals surface area contributed by atoms with E-state index in [0.717, 1.165) is 0 Å². The zero-order valence-corrected chi connectivity index (χ0v) is 13.8. The van der Waals surface area contributed by atoms with Gasteiger partial charge >= 0.3 is 5.69 Å². The zero-order valence-electron chi connectivity index (χ0n) is 13.8. The van der Waals surface area contributed by atoms with E-state index in [1.54, 1.807) is 38.1 Å². The van der Waals surface area contributed by atoms with Gasteiger partial charge in [-0.15, -0.1) is 0 Å². The Kier molecular flexibility index (Phi) is 6.92. The van der Waals surface area contributed by atoms with Crippen LogP contribution in [0.2, 0.25) is 0 Å². The van der Waals surface area contributed by atoms with Gasteiger partial charge in [-0.2, -0.15) is 0 Å². The molecule has 0 aliphatic carbocycles. The van der Waals surface area contributed by atoms with Crippen LogP contribution < -0.4 is 11.2 Å². The first kappa shape index (κ1) is 18.9. The second-order valence-electron chi connectivity index (χ2n) is 5.25. The summed E-state index contributed by atoms with van der Waals surface area (Å²) in [5, 5.41) is 8.88. The van der Waals surface area contributed by atoms with Crippen LogP contribution in [0.15, 0.2) is 27.9 Å². The maximum Gasteiger partial charge on any atom is 0.330 e. The minimum absolute atomic E-state index is 0.135. The van der Waals surface area contributed by atoms with E-state index in [1.165, 1.54) is 10.8 Å². The van der Waals surface area contributed by atoms with Crippen LogP contribution >= 0.6 is 0 Å². The normalized spacial score (nSPS) is 19.2. The number of hydrogen-bond donors (Lipinski definition) is 2. The van der Waals surface area contributed by atoms with E-state index >= 15 is 0 Å². The zero-order chi connectivity index (χ0) is 17.6. The van der Waals surface area contributed by atoms with E-state index in [0.29, 0.717) is 12.0 Å². The first-order valence-corrected chi connectivity index (χ1v) is 7.27. The predicted octanol–water partition coefficient (Wildman–Crippen LogP) is -0.224. The molecule has 0 saturated carbocycles. The van der Waals surface area contributed by atoms with E-state index < -0.39 is 23.6 Å². The summed E-state index contributed by atoms with van der Waals surface area (Å²) in [7, 11) is 3.51. The number of aromatic amines is 1. The Balaban J connectivity index is 0.000000322. The van der Waals surface area contributed by atoms with Crippen LogP contribution in [0.1, 0.15) is 25.1 Å². The van der Waals surface area contributed by atoms with E-state index in [9.17, 15) is 14.4 Å². The van der Waals surface area contributed by atoms with Crippen molar-refractivity contribution in [2.75, 3.05) is 20.7 Å². The van der Waals surface area contributed by atoms with Gasteiger partial charge in [-0.05, 0) is 13.0 Å². The Labute approximate surface area is 134 Å². The molecule has 0 bridgehead atoms. The molecule has 8 heteroatoms. The van der Waals surface area contributed by atoms with Crippen LogP contribution in [0, 0.1) is 6.92 Å². The Bertz CT molecular complexity index is 674. The quantitative estimate of drug-likeness (QED) is 0.747. The van der Waals surface area contributed by atoms with Gasteiger partial charge in [0.2, 0.25) is 5.91 Å². The molecule has 128 valence electrons. The molecule has 0 radical (unpaired) electrons. The van der Waals surface area contributed by atoms with Gasteiger partial charge in [0.1, 0.15) is 6.10 Å². The molecule has 1 amide bonds. The van der Waals surface area contributed by atoms with Crippen molar-refractivity contribution in [3.8, 4) is 0 Å². The first-order valence-electron chi connectivity index (χ1n) is 7.27.